The third-order valence-electron chi connectivity index (χ3n) is 2.25. The van der Waals surface area contributed by atoms with Gasteiger partial charge in [0.15, 0.2) is 4.80 Å². The van der Waals surface area contributed by atoms with E-state index in [4.69, 9.17) is 17.0 Å². The SMILES string of the molecule is C#CCn1c(=N)sc2cc(S(N)(=O)=O)ccc21. The van der Waals surface area contributed by atoms with Crippen molar-refractivity contribution in [2.75, 3.05) is 0 Å². The molecule has 0 aliphatic rings. The largest absolute Gasteiger partial charge is 0.305 e. The number of primary sulfonamides is 1. The van der Waals surface area contributed by atoms with Crippen LogP contribution in [0.15, 0.2) is 23.1 Å². The zero-order valence-corrected chi connectivity index (χ0v) is 10.3. The number of benzene rings is 1. The van der Waals surface area contributed by atoms with Gasteiger partial charge in [0, 0.05) is 0 Å². The van der Waals surface area contributed by atoms with Crippen LogP contribution in [0.3, 0.4) is 0 Å². The molecule has 1 aromatic carbocycles. The maximum Gasteiger partial charge on any atom is 0.238 e. The van der Waals surface area contributed by atoms with Crippen molar-refractivity contribution >= 4 is 31.6 Å². The number of rotatable bonds is 2. The summed E-state index contributed by atoms with van der Waals surface area (Å²) in [7, 11) is -3.71. The normalized spacial score (nSPS) is 11.5. The van der Waals surface area contributed by atoms with Gasteiger partial charge in [0.1, 0.15) is 0 Å². The minimum Gasteiger partial charge on any atom is -0.305 e. The smallest absolute Gasteiger partial charge is 0.238 e. The van der Waals surface area contributed by atoms with Crippen LogP contribution in [0.5, 0.6) is 0 Å². The summed E-state index contributed by atoms with van der Waals surface area (Å²) < 4.78 is 24.7. The summed E-state index contributed by atoms with van der Waals surface area (Å²) in [6.45, 7) is 0.285. The van der Waals surface area contributed by atoms with E-state index >= 15 is 0 Å². The highest BCUT2D eigenvalue weighted by Gasteiger charge is 2.11. The molecule has 0 aliphatic heterocycles. The van der Waals surface area contributed by atoms with E-state index in [1.165, 1.54) is 12.1 Å². The molecule has 0 bridgehead atoms. The van der Waals surface area contributed by atoms with Crippen molar-refractivity contribution in [3.63, 3.8) is 0 Å². The summed E-state index contributed by atoms with van der Waals surface area (Å²) in [6, 6.07) is 4.48. The second kappa shape index (κ2) is 4.00. The van der Waals surface area contributed by atoms with Crippen LogP contribution in [0.4, 0.5) is 0 Å². The predicted octanol–water partition coefficient (Wildman–Crippen LogP) is 0.463. The molecule has 0 aliphatic carbocycles. The predicted molar refractivity (Wildman–Crippen MR) is 65.9 cm³/mol. The lowest BCUT2D eigenvalue weighted by Crippen LogP contribution is -2.12. The molecule has 0 radical (unpaired) electrons. The van der Waals surface area contributed by atoms with Crippen molar-refractivity contribution in [3.05, 3.63) is 23.0 Å². The third-order valence-corrected chi connectivity index (χ3v) is 4.12. The molecule has 1 aromatic heterocycles. The Morgan fingerprint density at radius 3 is 2.82 bits per heavy atom. The Hall–Kier alpha value is -1.62. The lowest BCUT2D eigenvalue weighted by Gasteiger charge is -2.00. The number of thiazole rings is 1. The average Bonchev–Trinajstić information content (AvgIpc) is 2.54. The second-order valence-electron chi connectivity index (χ2n) is 3.37. The Kier molecular flexibility index (Phi) is 2.79. The summed E-state index contributed by atoms with van der Waals surface area (Å²) in [4.78, 5) is 0.323. The van der Waals surface area contributed by atoms with Crippen molar-refractivity contribution in [3.8, 4) is 12.3 Å². The average molecular weight is 267 g/mol. The van der Waals surface area contributed by atoms with E-state index in [9.17, 15) is 8.42 Å². The number of terminal acetylenes is 1. The van der Waals surface area contributed by atoms with Crippen molar-refractivity contribution in [1.29, 1.82) is 5.41 Å². The number of nitrogens with zero attached hydrogens (tertiary/aromatic N) is 1. The molecule has 1 heterocycles. The Morgan fingerprint density at radius 1 is 1.53 bits per heavy atom. The van der Waals surface area contributed by atoms with E-state index in [0.717, 1.165) is 16.9 Å². The Labute approximate surface area is 102 Å². The van der Waals surface area contributed by atoms with Crippen molar-refractivity contribution in [2.45, 2.75) is 11.4 Å². The molecular weight excluding hydrogens is 258 g/mol. The minimum atomic E-state index is -3.71. The third kappa shape index (κ3) is 2.10. The van der Waals surface area contributed by atoms with Crippen molar-refractivity contribution in [1.82, 2.24) is 4.57 Å². The second-order valence-corrected chi connectivity index (χ2v) is 5.96. The molecule has 0 saturated heterocycles. The molecule has 3 N–H and O–H groups in total. The number of fused-ring (bicyclic) bond motifs is 1. The number of hydrogen-bond acceptors (Lipinski definition) is 4. The number of hydrogen-bond donors (Lipinski definition) is 2. The van der Waals surface area contributed by atoms with E-state index in [0.29, 0.717) is 4.70 Å². The minimum absolute atomic E-state index is 0.0408. The summed E-state index contributed by atoms with van der Waals surface area (Å²) in [5.74, 6) is 2.45. The van der Waals surface area contributed by atoms with Crippen LogP contribution in [0.2, 0.25) is 0 Å². The highest BCUT2D eigenvalue weighted by Crippen LogP contribution is 2.20. The standard InChI is InChI=1S/C10H9N3O2S2/c1-2-5-13-8-4-3-7(17(12,14)15)6-9(8)16-10(13)11/h1,3-4,6,11H,5H2,(H2,12,14,15). The van der Waals surface area contributed by atoms with Crippen LogP contribution in [-0.4, -0.2) is 13.0 Å². The molecule has 0 atom stereocenters. The first kappa shape index (κ1) is 11.9. The molecule has 0 spiro atoms. The van der Waals surface area contributed by atoms with Gasteiger partial charge in [-0.2, -0.15) is 0 Å². The molecule has 2 rings (SSSR count). The molecule has 88 valence electrons. The quantitative estimate of drug-likeness (QED) is 0.774. The first-order valence-electron chi connectivity index (χ1n) is 4.58. The first-order valence-corrected chi connectivity index (χ1v) is 6.94. The Morgan fingerprint density at radius 2 is 2.24 bits per heavy atom. The van der Waals surface area contributed by atoms with Gasteiger partial charge < -0.3 is 4.57 Å². The van der Waals surface area contributed by atoms with Crippen molar-refractivity contribution in [2.24, 2.45) is 5.14 Å². The summed E-state index contributed by atoms with van der Waals surface area (Å²) in [5.41, 5.74) is 0.741. The summed E-state index contributed by atoms with van der Waals surface area (Å²) in [6.07, 6.45) is 5.21. The summed E-state index contributed by atoms with van der Waals surface area (Å²) in [5, 5.41) is 12.8. The van der Waals surface area contributed by atoms with Crippen molar-refractivity contribution < 1.29 is 8.42 Å². The highest BCUT2D eigenvalue weighted by molar-refractivity contribution is 7.89. The number of nitrogens with two attached hydrogens (primary N) is 1. The van der Waals surface area contributed by atoms with Crippen LogP contribution in [0, 0.1) is 17.8 Å². The van der Waals surface area contributed by atoms with Gasteiger partial charge >= 0.3 is 0 Å². The van der Waals surface area contributed by atoms with Gasteiger partial charge in [-0.05, 0) is 18.2 Å². The lowest BCUT2D eigenvalue weighted by atomic mass is 10.3. The number of sulfonamides is 1. The molecule has 2 aromatic rings. The fourth-order valence-electron chi connectivity index (χ4n) is 1.49. The van der Waals surface area contributed by atoms with E-state index in [1.54, 1.807) is 10.6 Å². The van der Waals surface area contributed by atoms with E-state index < -0.39 is 10.0 Å². The lowest BCUT2D eigenvalue weighted by molar-refractivity contribution is 0.598. The van der Waals surface area contributed by atoms with E-state index in [-0.39, 0.29) is 16.2 Å². The molecule has 7 heteroatoms. The van der Waals surface area contributed by atoms with Gasteiger partial charge in [0.25, 0.3) is 0 Å². The van der Waals surface area contributed by atoms with Crippen LogP contribution in [-0.2, 0) is 16.6 Å². The monoisotopic (exact) mass is 267 g/mol. The zero-order valence-electron chi connectivity index (χ0n) is 8.67. The number of aromatic nitrogens is 1. The molecule has 0 amide bonds. The Balaban J connectivity index is 2.75. The van der Waals surface area contributed by atoms with E-state index in [2.05, 4.69) is 5.92 Å². The molecule has 17 heavy (non-hydrogen) atoms. The topological polar surface area (TPSA) is 88.9 Å². The molecule has 0 saturated carbocycles. The van der Waals surface area contributed by atoms with Gasteiger partial charge in [-0.25, -0.2) is 13.6 Å². The molecule has 0 fully saturated rings. The maximum atomic E-state index is 11.2. The zero-order chi connectivity index (χ0) is 12.6. The Bertz CT molecular complexity index is 778. The molecular formula is C10H9N3O2S2. The fraction of sp³-hybridized carbons (Fsp3) is 0.100. The van der Waals surface area contributed by atoms with E-state index in [1.807, 2.05) is 0 Å². The van der Waals surface area contributed by atoms with Crippen LogP contribution >= 0.6 is 11.3 Å². The van der Waals surface area contributed by atoms with Crippen LogP contribution < -0.4 is 9.94 Å². The summed E-state index contributed by atoms with van der Waals surface area (Å²) >= 11 is 1.16. The number of nitrogens with one attached hydrogen (secondary N) is 1. The van der Waals surface area contributed by atoms with Crippen LogP contribution in [0.25, 0.3) is 10.2 Å². The fourth-order valence-corrected chi connectivity index (χ4v) is 3.06. The molecule has 0 unspecified atom stereocenters. The van der Waals surface area contributed by atoms with Gasteiger partial charge in [0.2, 0.25) is 10.0 Å². The highest BCUT2D eigenvalue weighted by atomic mass is 32.2. The van der Waals surface area contributed by atoms with Gasteiger partial charge in [0.05, 0.1) is 21.7 Å². The van der Waals surface area contributed by atoms with Gasteiger partial charge in [-0.3, -0.25) is 5.41 Å². The van der Waals surface area contributed by atoms with Gasteiger partial charge in [-0.1, -0.05) is 17.3 Å². The molecule has 5 nitrogen and oxygen atoms in total. The maximum absolute atomic E-state index is 11.2. The first-order chi connectivity index (χ1) is 7.93. The van der Waals surface area contributed by atoms with Crippen LogP contribution in [0.1, 0.15) is 0 Å². The van der Waals surface area contributed by atoms with Gasteiger partial charge in [-0.15, -0.1) is 6.42 Å².